The molecule has 20 heavy (non-hydrogen) atoms. The molecule has 0 aliphatic rings. The fourth-order valence-electron chi connectivity index (χ4n) is 2.43. The van der Waals surface area contributed by atoms with Crippen molar-refractivity contribution >= 4 is 23.3 Å². The summed E-state index contributed by atoms with van der Waals surface area (Å²) in [6, 6.07) is 7.30. The average Bonchev–Trinajstić information content (AvgIpc) is 2.75. The summed E-state index contributed by atoms with van der Waals surface area (Å²) in [5.74, 6) is -0.225. The van der Waals surface area contributed by atoms with Crippen LogP contribution in [0.1, 0.15) is 24.1 Å². The summed E-state index contributed by atoms with van der Waals surface area (Å²) in [4.78, 5) is 7.09. The smallest absolute Gasteiger partial charge is 0.178 e. The number of fused-ring (bicyclic) bond motifs is 1. The molecule has 0 spiro atoms. The number of nitrogens with zero attached hydrogens (tertiary/aromatic N) is 2. The van der Waals surface area contributed by atoms with Crippen LogP contribution in [0.3, 0.4) is 0 Å². The molecule has 1 N–H and O–H groups in total. The number of pyridine rings is 1. The third kappa shape index (κ3) is 2.04. The molecule has 0 aliphatic heterocycles. The standard InChI is InChI=1S/C15H14FN3S/c1-9-7-14-13(8-12(9)16)18-15(20)19(14)10(2)11-3-5-17-6-4-11/h3-8,10H,1-2H3,(H,18,20). The molecule has 1 atom stereocenters. The third-order valence-corrected chi connectivity index (χ3v) is 3.87. The third-order valence-electron chi connectivity index (χ3n) is 3.57. The zero-order chi connectivity index (χ0) is 14.3. The highest BCUT2D eigenvalue weighted by atomic mass is 32.1. The Hall–Kier alpha value is -2.01. The van der Waals surface area contributed by atoms with Gasteiger partial charge in [0, 0.05) is 12.4 Å². The Bertz CT molecular complexity index is 820. The molecule has 1 aromatic carbocycles. The van der Waals surface area contributed by atoms with E-state index < -0.39 is 0 Å². The number of aromatic nitrogens is 3. The first-order valence-electron chi connectivity index (χ1n) is 6.38. The van der Waals surface area contributed by atoms with Gasteiger partial charge in [-0.2, -0.15) is 0 Å². The van der Waals surface area contributed by atoms with Gasteiger partial charge in [0.25, 0.3) is 0 Å². The number of halogens is 1. The molecule has 0 bridgehead atoms. The van der Waals surface area contributed by atoms with Crippen LogP contribution in [0.4, 0.5) is 4.39 Å². The van der Waals surface area contributed by atoms with Gasteiger partial charge in [-0.05, 0) is 61.5 Å². The summed E-state index contributed by atoms with van der Waals surface area (Å²) in [7, 11) is 0. The predicted octanol–water partition coefficient (Wildman–Crippen LogP) is 4.15. The SMILES string of the molecule is Cc1cc2c(cc1F)[nH]c(=S)n2C(C)c1ccncc1. The molecular weight excluding hydrogens is 273 g/mol. The number of imidazole rings is 1. The van der Waals surface area contributed by atoms with Crippen molar-refractivity contribution in [1.29, 1.82) is 0 Å². The van der Waals surface area contributed by atoms with E-state index in [1.54, 1.807) is 19.3 Å². The maximum Gasteiger partial charge on any atom is 0.178 e. The van der Waals surface area contributed by atoms with E-state index in [0.29, 0.717) is 10.3 Å². The largest absolute Gasteiger partial charge is 0.330 e. The van der Waals surface area contributed by atoms with Crippen LogP contribution in [0.2, 0.25) is 0 Å². The first-order chi connectivity index (χ1) is 9.58. The summed E-state index contributed by atoms with van der Waals surface area (Å²) in [5.41, 5.74) is 3.36. The van der Waals surface area contributed by atoms with Gasteiger partial charge in [0.05, 0.1) is 17.1 Å². The van der Waals surface area contributed by atoms with Gasteiger partial charge < -0.3 is 9.55 Å². The Morgan fingerprint density at radius 1 is 1.30 bits per heavy atom. The minimum atomic E-state index is -0.225. The van der Waals surface area contributed by atoms with Crippen molar-refractivity contribution in [2.75, 3.05) is 0 Å². The van der Waals surface area contributed by atoms with Crippen molar-refractivity contribution in [3.05, 3.63) is 58.4 Å². The second-order valence-corrected chi connectivity index (χ2v) is 5.26. The van der Waals surface area contributed by atoms with Gasteiger partial charge >= 0.3 is 0 Å². The van der Waals surface area contributed by atoms with Crippen molar-refractivity contribution in [2.45, 2.75) is 19.9 Å². The quantitative estimate of drug-likeness (QED) is 0.718. The molecule has 2 heterocycles. The molecular formula is C15H14FN3S. The first kappa shape index (κ1) is 13.0. The van der Waals surface area contributed by atoms with Crippen molar-refractivity contribution in [2.24, 2.45) is 0 Å². The fourth-order valence-corrected chi connectivity index (χ4v) is 2.79. The number of H-pyrrole nitrogens is 1. The Morgan fingerprint density at radius 2 is 2.00 bits per heavy atom. The van der Waals surface area contributed by atoms with Crippen LogP contribution in [0.15, 0.2) is 36.7 Å². The van der Waals surface area contributed by atoms with E-state index in [9.17, 15) is 4.39 Å². The second-order valence-electron chi connectivity index (χ2n) is 4.88. The van der Waals surface area contributed by atoms with Gasteiger partial charge in [-0.1, -0.05) is 0 Å². The van der Waals surface area contributed by atoms with Crippen molar-refractivity contribution < 1.29 is 4.39 Å². The lowest BCUT2D eigenvalue weighted by Gasteiger charge is -2.15. The highest BCUT2D eigenvalue weighted by molar-refractivity contribution is 7.71. The number of aromatic amines is 1. The second kappa shape index (κ2) is 4.83. The average molecular weight is 287 g/mol. The Balaban J connectivity index is 2.24. The van der Waals surface area contributed by atoms with Gasteiger partial charge in [0.1, 0.15) is 5.82 Å². The summed E-state index contributed by atoms with van der Waals surface area (Å²) in [6.07, 6.45) is 3.52. The van der Waals surface area contributed by atoms with Crippen LogP contribution >= 0.6 is 12.2 Å². The van der Waals surface area contributed by atoms with Crippen LogP contribution in [-0.2, 0) is 0 Å². The molecule has 102 valence electrons. The summed E-state index contributed by atoms with van der Waals surface area (Å²) in [5, 5.41) is 0. The molecule has 3 nitrogen and oxygen atoms in total. The number of nitrogens with one attached hydrogen (secondary N) is 1. The van der Waals surface area contributed by atoms with Crippen molar-refractivity contribution in [3.8, 4) is 0 Å². The van der Waals surface area contributed by atoms with E-state index >= 15 is 0 Å². The number of benzene rings is 1. The van der Waals surface area contributed by atoms with E-state index in [0.717, 1.165) is 16.6 Å². The zero-order valence-corrected chi connectivity index (χ0v) is 12.0. The van der Waals surface area contributed by atoms with Crippen molar-refractivity contribution in [1.82, 2.24) is 14.5 Å². The topological polar surface area (TPSA) is 33.6 Å². The van der Waals surface area contributed by atoms with E-state index in [1.165, 1.54) is 6.07 Å². The molecule has 3 rings (SSSR count). The summed E-state index contributed by atoms with van der Waals surface area (Å²) >= 11 is 5.39. The lowest BCUT2D eigenvalue weighted by molar-refractivity contribution is 0.619. The summed E-state index contributed by atoms with van der Waals surface area (Å²) in [6.45, 7) is 3.82. The highest BCUT2D eigenvalue weighted by Gasteiger charge is 2.14. The number of hydrogen-bond donors (Lipinski definition) is 1. The zero-order valence-electron chi connectivity index (χ0n) is 11.2. The molecule has 0 saturated carbocycles. The Morgan fingerprint density at radius 3 is 2.70 bits per heavy atom. The van der Waals surface area contributed by atoms with Crippen LogP contribution in [0, 0.1) is 17.5 Å². The molecule has 1 unspecified atom stereocenters. The summed E-state index contributed by atoms with van der Waals surface area (Å²) < 4.78 is 16.2. The normalized spacial score (nSPS) is 12.8. The van der Waals surface area contributed by atoms with E-state index in [2.05, 4.69) is 16.9 Å². The van der Waals surface area contributed by atoms with Crippen LogP contribution < -0.4 is 0 Å². The van der Waals surface area contributed by atoms with Crippen molar-refractivity contribution in [3.63, 3.8) is 0 Å². The monoisotopic (exact) mass is 287 g/mol. The van der Waals surface area contributed by atoms with Crippen LogP contribution in [0.25, 0.3) is 11.0 Å². The first-order valence-corrected chi connectivity index (χ1v) is 6.79. The molecule has 0 aliphatic carbocycles. The molecule has 0 amide bonds. The maximum absolute atomic E-state index is 13.6. The van der Waals surface area contributed by atoms with Gasteiger partial charge in [-0.25, -0.2) is 4.39 Å². The molecule has 3 aromatic rings. The lowest BCUT2D eigenvalue weighted by atomic mass is 10.1. The Kier molecular flexibility index (Phi) is 3.14. The maximum atomic E-state index is 13.6. The number of hydrogen-bond acceptors (Lipinski definition) is 2. The van der Waals surface area contributed by atoms with Crippen LogP contribution in [-0.4, -0.2) is 14.5 Å². The predicted molar refractivity (Wildman–Crippen MR) is 79.9 cm³/mol. The number of rotatable bonds is 2. The lowest BCUT2D eigenvalue weighted by Crippen LogP contribution is -2.07. The molecule has 0 saturated heterocycles. The number of aryl methyl sites for hydroxylation is 1. The minimum absolute atomic E-state index is 0.0594. The minimum Gasteiger partial charge on any atom is -0.330 e. The van der Waals surface area contributed by atoms with E-state index in [4.69, 9.17) is 12.2 Å². The van der Waals surface area contributed by atoms with E-state index in [1.807, 2.05) is 22.8 Å². The highest BCUT2D eigenvalue weighted by Crippen LogP contribution is 2.25. The molecule has 0 fully saturated rings. The van der Waals surface area contributed by atoms with Gasteiger partial charge in [0.2, 0.25) is 0 Å². The fraction of sp³-hybridized carbons (Fsp3) is 0.200. The van der Waals surface area contributed by atoms with Crippen LogP contribution in [0.5, 0.6) is 0 Å². The Labute approximate surface area is 121 Å². The molecule has 5 heteroatoms. The molecule has 0 radical (unpaired) electrons. The van der Waals surface area contributed by atoms with E-state index in [-0.39, 0.29) is 11.9 Å². The van der Waals surface area contributed by atoms with Gasteiger partial charge in [-0.3, -0.25) is 4.98 Å². The molecule has 2 aromatic heterocycles. The van der Waals surface area contributed by atoms with Gasteiger partial charge in [0.15, 0.2) is 4.77 Å². The van der Waals surface area contributed by atoms with Gasteiger partial charge in [-0.15, -0.1) is 0 Å².